The number of carbonyl (C=O) groups is 6. The van der Waals surface area contributed by atoms with E-state index in [0.717, 1.165) is 81.0 Å². The molecule has 12 saturated carbocycles. The molecule has 0 aromatic rings. The molecule has 0 aromatic carbocycles. The van der Waals surface area contributed by atoms with Crippen LogP contribution in [0.15, 0.2) is 0 Å². The average Bonchev–Trinajstić information content (AvgIpc) is 4.11. The molecule has 0 spiro atoms. The summed E-state index contributed by atoms with van der Waals surface area (Å²) in [4.78, 5) is 69.7. The highest BCUT2D eigenvalue weighted by Gasteiger charge is 2.66. The van der Waals surface area contributed by atoms with Gasteiger partial charge in [0, 0.05) is 36.5 Å². The lowest BCUT2D eigenvalue weighted by Crippen LogP contribution is -2.67. The van der Waals surface area contributed by atoms with Crippen molar-refractivity contribution in [1.82, 2.24) is 0 Å². The third-order valence-corrected chi connectivity index (χ3v) is 21.5. The first-order chi connectivity index (χ1) is 32.8. The number of aliphatic hydroxyl groups is 2. The molecule has 12 aliphatic carbocycles. The van der Waals surface area contributed by atoms with Gasteiger partial charge in [-0.3, -0.25) is 28.8 Å². The highest BCUT2D eigenvalue weighted by atomic mass is 16.6. The molecule has 2 saturated heterocycles. The van der Waals surface area contributed by atoms with Gasteiger partial charge in [0.05, 0.1) is 46.7 Å². The summed E-state index contributed by atoms with van der Waals surface area (Å²) in [6, 6.07) is 0. The fraction of sp³-hybridized carbons (Fsp3) is 0.905. The number of hydrogen-bond donors (Lipinski definition) is 2. The van der Waals surface area contributed by atoms with Gasteiger partial charge in [0.15, 0.2) is 0 Å². The topological polar surface area (TPSA) is 189 Å². The van der Waals surface area contributed by atoms with Crippen molar-refractivity contribution < 1.29 is 62.7 Å². The van der Waals surface area contributed by atoms with Crippen LogP contribution < -0.4 is 0 Å². The van der Waals surface area contributed by atoms with Crippen molar-refractivity contribution in [3.63, 3.8) is 0 Å². The molecule has 2 aliphatic heterocycles. The Morgan fingerprint density at radius 2 is 1.12 bits per heavy atom. The zero-order valence-electron chi connectivity index (χ0n) is 44.0. The summed E-state index contributed by atoms with van der Waals surface area (Å²) in [7, 11) is 0. The van der Waals surface area contributed by atoms with Gasteiger partial charge in [-0.05, 0) is 158 Å². The highest BCUT2D eigenvalue weighted by Crippen LogP contribution is 2.65. The molecule has 14 aliphatic rings. The van der Waals surface area contributed by atoms with E-state index in [1.165, 1.54) is 44.9 Å². The summed E-state index contributed by atoms with van der Waals surface area (Å²) in [6.07, 6.45) is 17.4. The molecule has 14 rings (SSSR count). The second-order valence-corrected chi connectivity index (χ2v) is 26.7. The predicted octanol–water partition coefficient (Wildman–Crippen LogP) is 12.9. The van der Waals surface area contributed by atoms with E-state index < -0.39 is 28.7 Å². The quantitative estimate of drug-likeness (QED) is 0.126. The summed E-state index contributed by atoms with van der Waals surface area (Å²) >= 11 is 0. The molecule has 16 unspecified atom stereocenters. The van der Waals surface area contributed by atoms with E-state index in [-0.39, 0.29) is 133 Å². The number of ether oxygens (including phenoxy) is 5. The lowest BCUT2D eigenvalue weighted by molar-refractivity contribution is -0.262. The van der Waals surface area contributed by atoms with Gasteiger partial charge in [0.25, 0.3) is 0 Å². The maximum Gasteiger partial charge on any atom is 0.317 e. The van der Waals surface area contributed by atoms with Crippen LogP contribution in [-0.2, 0) is 52.5 Å². The molecular weight excluding hydrogens is 965 g/mol. The van der Waals surface area contributed by atoms with Gasteiger partial charge in [-0.1, -0.05) is 99.9 Å². The first kappa shape index (κ1) is 67.2. The Balaban J connectivity index is 0.000000272. The molecule has 16 atom stereocenters. The van der Waals surface area contributed by atoms with Gasteiger partial charge in [0.2, 0.25) is 0 Å². The third-order valence-electron chi connectivity index (χ3n) is 21.5. The normalized spacial score (nSPS) is 43.8. The van der Waals surface area contributed by atoms with E-state index in [0.29, 0.717) is 42.9 Å². The molecule has 440 valence electrons. The van der Waals surface area contributed by atoms with Crippen LogP contribution in [-0.4, -0.2) is 80.6 Å². The van der Waals surface area contributed by atoms with Crippen LogP contribution in [0.25, 0.3) is 0 Å². The van der Waals surface area contributed by atoms with Gasteiger partial charge in [-0.15, -0.1) is 0 Å². The van der Waals surface area contributed by atoms with Gasteiger partial charge in [-0.2, -0.15) is 0 Å². The Labute approximate surface area is 460 Å². The van der Waals surface area contributed by atoms with E-state index in [1.54, 1.807) is 13.8 Å². The number of fused-ring (bicyclic) bond motifs is 3. The second kappa shape index (κ2) is 24.3. The second-order valence-electron chi connectivity index (χ2n) is 26.7. The van der Waals surface area contributed by atoms with E-state index in [9.17, 15) is 39.0 Å². The van der Waals surface area contributed by atoms with E-state index in [1.807, 2.05) is 27.7 Å². The number of cyclic esters (lactones) is 2. The van der Waals surface area contributed by atoms with E-state index in [4.69, 9.17) is 18.9 Å². The van der Waals surface area contributed by atoms with Crippen LogP contribution >= 0.6 is 0 Å². The largest absolute Gasteiger partial charge is 0.459 e. The summed E-state index contributed by atoms with van der Waals surface area (Å²) < 4.78 is 27.4. The number of rotatable bonds is 9. The van der Waals surface area contributed by atoms with Crippen molar-refractivity contribution in [2.45, 2.75) is 264 Å². The smallest absolute Gasteiger partial charge is 0.317 e. The van der Waals surface area contributed by atoms with Crippen molar-refractivity contribution in [2.75, 3.05) is 0 Å². The molecule has 76 heavy (non-hydrogen) atoms. The summed E-state index contributed by atoms with van der Waals surface area (Å²) in [5.41, 5.74) is -2.29. The monoisotopic (exact) mass is 1070 g/mol. The predicted molar refractivity (Wildman–Crippen MR) is 297 cm³/mol. The van der Waals surface area contributed by atoms with Crippen molar-refractivity contribution in [3.05, 3.63) is 0 Å². The summed E-state index contributed by atoms with van der Waals surface area (Å²) in [5, 5.41) is 21.2. The summed E-state index contributed by atoms with van der Waals surface area (Å²) in [5.74, 6) is 5.03. The maximum atomic E-state index is 13.2. The Morgan fingerprint density at radius 3 is 1.57 bits per heavy atom. The van der Waals surface area contributed by atoms with Crippen LogP contribution in [0.3, 0.4) is 0 Å². The third kappa shape index (κ3) is 12.3. The molecule has 0 radical (unpaired) electrons. The molecule has 14 fully saturated rings. The first-order valence-corrected chi connectivity index (χ1v) is 27.9. The zero-order valence-corrected chi connectivity index (χ0v) is 44.0. The molecule has 0 amide bonds. The van der Waals surface area contributed by atoms with Gasteiger partial charge in [-0.25, -0.2) is 0 Å². The van der Waals surface area contributed by atoms with E-state index in [2.05, 4.69) is 32.4 Å². The highest BCUT2D eigenvalue weighted by molar-refractivity contribution is 5.95. The van der Waals surface area contributed by atoms with Crippen molar-refractivity contribution in [3.8, 4) is 0 Å². The number of hydrogen-bond acceptors (Lipinski definition) is 13. The van der Waals surface area contributed by atoms with Gasteiger partial charge >= 0.3 is 35.8 Å². The minimum absolute atomic E-state index is 0. The van der Waals surface area contributed by atoms with E-state index >= 15 is 0 Å². The molecule has 13 nitrogen and oxygen atoms in total. The minimum Gasteiger partial charge on any atom is -0.459 e. The Morgan fingerprint density at radius 1 is 0.618 bits per heavy atom. The minimum atomic E-state index is -0.829. The first-order valence-electron chi connectivity index (χ1n) is 27.9. The molecule has 12 bridgehead atoms. The fourth-order valence-corrected chi connectivity index (χ4v) is 17.5. The Bertz CT molecular complexity index is 1990. The zero-order chi connectivity index (χ0) is 50.6. The SMILES string of the molecule is C.C.C.C.C.C.CC1C(=O)OC(=O)C1C.CC1C2CC(C(=O)OC(C)(C)C34CC5CC(CC(C5)C3)C4)C(C2)C1C.CCC(C)C(=O)OC12CC3CC(O)(CC(O)(C3)C1)C2.CCC(C)C(=O)OC1C2CC3C(=O)OC1C3C2. The standard InChI is InChI=1S/C23H36O2.C15H24O4.C13H18O4.C6H8O3.6CH4/c1-13-14(2)19-8-18(13)9-20(19)21(24)25-22(3,4)23-10-15-5-16(11-23)7-17(6-15)12-23;1-3-10(2)12(16)19-15-6-11-4-13(17,8-15)7-14(18,5-11)9-15;1-3-6(2)12(14)16-10-7-4-8-9(5-7)13(15)17-11(8)10;1-3-4(2)6(8)9-5(3)7;;;;;;/h13-20H,5-12H2,1-4H3;10-11,17-18H,3-9H2,1-2H3;6-11H,3-5H2,1-2H3;3-4H,1-2H3;6*1H4. The maximum absolute atomic E-state index is 13.2. The van der Waals surface area contributed by atoms with Crippen molar-refractivity contribution in [1.29, 1.82) is 0 Å². The number of esters is 6. The van der Waals surface area contributed by atoms with Gasteiger partial charge < -0.3 is 33.9 Å². The molecule has 0 aromatic heterocycles. The van der Waals surface area contributed by atoms with Gasteiger partial charge in [0.1, 0.15) is 23.4 Å². The van der Waals surface area contributed by atoms with Crippen molar-refractivity contribution >= 4 is 35.8 Å². The molecular formula is C63H110O13. The molecule has 2 heterocycles. The fourth-order valence-electron chi connectivity index (χ4n) is 17.5. The Kier molecular flexibility index (Phi) is 21.5. The average molecular weight is 1080 g/mol. The molecule has 2 N–H and O–H groups in total. The van der Waals surface area contributed by atoms with Crippen molar-refractivity contribution in [2.24, 2.45) is 100 Å². The van der Waals surface area contributed by atoms with Crippen LogP contribution in [0.2, 0.25) is 0 Å². The number of carbonyl (C=O) groups excluding carboxylic acids is 6. The van der Waals surface area contributed by atoms with Crippen LogP contribution in [0.4, 0.5) is 0 Å². The lowest BCUT2D eigenvalue weighted by Gasteiger charge is -2.62. The summed E-state index contributed by atoms with van der Waals surface area (Å²) in [6.45, 7) is 20.3. The molecule has 13 heteroatoms. The van der Waals surface area contributed by atoms with Crippen LogP contribution in [0.5, 0.6) is 0 Å². The van der Waals surface area contributed by atoms with Crippen LogP contribution in [0, 0.1) is 100 Å². The lowest BCUT2D eigenvalue weighted by atomic mass is 9.46. The van der Waals surface area contributed by atoms with Crippen LogP contribution in [0.1, 0.15) is 229 Å². The Hall–Kier alpha value is -3.06.